The SMILES string of the molecule is CCCNC(CN1CCN2CCCC2C1)(C(N)=O)C1CC1. The van der Waals surface area contributed by atoms with Crippen LogP contribution in [-0.2, 0) is 4.79 Å². The molecule has 0 aromatic carbocycles. The molecule has 21 heavy (non-hydrogen) atoms. The number of hydrogen-bond acceptors (Lipinski definition) is 4. The van der Waals surface area contributed by atoms with E-state index in [4.69, 9.17) is 5.73 Å². The third kappa shape index (κ3) is 3.10. The quantitative estimate of drug-likeness (QED) is 0.713. The van der Waals surface area contributed by atoms with Crippen molar-refractivity contribution in [1.29, 1.82) is 0 Å². The maximum absolute atomic E-state index is 12.2. The van der Waals surface area contributed by atoms with E-state index in [9.17, 15) is 4.79 Å². The Hall–Kier alpha value is -0.650. The summed E-state index contributed by atoms with van der Waals surface area (Å²) in [4.78, 5) is 17.3. The Morgan fingerprint density at radius 3 is 2.76 bits per heavy atom. The molecule has 3 aliphatic rings. The van der Waals surface area contributed by atoms with Gasteiger partial charge in [0, 0.05) is 32.2 Å². The molecule has 1 aliphatic carbocycles. The first-order chi connectivity index (χ1) is 10.2. The molecule has 1 amide bonds. The third-order valence-electron chi connectivity index (χ3n) is 5.55. The van der Waals surface area contributed by atoms with Crippen molar-refractivity contribution in [3.05, 3.63) is 0 Å². The number of primary amides is 1. The fourth-order valence-corrected chi connectivity index (χ4v) is 4.17. The van der Waals surface area contributed by atoms with Gasteiger partial charge in [-0.1, -0.05) is 6.92 Å². The number of hydrogen-bond donors (Lipinski definition) is 2. The first kappa shape index (κ1) is 15.3. The van der Waals surface area contributed by atoms with Crippen molar-refractivity contribution in [3.8, 4) is 0 Å². The number of nitrogens with zero attached hydrogens (tertiary/aromatic N) is 2. The molecule has 2 atom stereocenters. The lowest BCUT2D eigenvalue weighted by atomic mass is 9.90. The van der Waals surface area contributed by atoms with Gasteiger partial charge in [-0.25, -0.2) is 0 Å². The minimum absolute atomic E-state index is 0.146. The highest BCUT2D eigenvalue weighted by Gasteiger charge is 2.50. The Balaban J connectivity index is 1.67. The zero-order valence-corrected chi connectivity index (χ0v) is 13.3. The summed E-state index contributed by atoms with van der Waals surface area (Å²) >= 11 is 0. The number of amides is 1. The fraction of sp³-hybridized carbons (Fsp3) is 0.938. The first-order valence-electron chi connectivity index (χ1n) is 8.67. The number of nitrogens with one attached hydrogen (secondary N) is 1. The molecule has 3 rings (SSSR count). The maximum Gasteiger partial charge on any atom is 0.239 e. The summed E-state index contributed by atoms with van der Waals surface area (Å²) in [6, 6.07) is 0.703. The Kier molecular flexibility index (Phi) is 4.52. The molecule has 2 saturated heterocycles. The van der Waals surface area contributed by atoms with Crippen LogP contribution >= 0.6 is 0 Å². The number of carbonyl (C=O) groups is 1. The molecule has 0 aromatic heterocycles. The molecule has 2 aliphatic heterocycles. The van der Waals surface area contributed by atoms with Crippen LogP contribution < -0.4 is 11.1 Å². The topological polar surface area (TPSA) is 61.6 Å². The van der Waals surface area contributed by atoms with Gasteiger partial charge in [0.15, 0.2) is 0 Å². The Labute approximate surface area is 128 Å². The van der Waals surface area contributed by atoms with Gasteiger partial charge in [0.2, 0.25) is 5.91 Å². The van der Waals surface area contributed by atoms with Crippen LogP contribution in [-0.4, -0.2) is 66.6 Å². The molecule has 1 saturated carbocycles. The van der Waals surface area contributed by atoms with Crippen molar-refractivity contribution in [2.75, 3.05) is 39.3 Å². The van der Waals surface area contributed by atoms with E-state index in [0.29, 0.717) is 12.0 Å². The van der Waals surface area contributed by atoms with Gasteiger partial charge in [0.1, 0.15) is 5.54 Å². The maximum atomic E-state index is 12.2. The molecular weight excluding hydrogens is 264 g/mol. The van der Waals surface area contributed by atoms with E-state index in [0.717, 1.165) is 52.0 Å². The number of fused-ring (bicyclic) bond motifs is 1. The second-order valence-corrected chi connectivity index (χ2v) is 7.10. The van der Waals surface area contributed by atoms with Gasteiger partial charge in [-0.15, -0.1) is 0 Å². The lowest BCUT2D eigenvalue weighted by molar-refractivity contribution is -0.126. The summed E-state index contributed by atoms with van der Waals surface area (Å²) in [5, 5.41) is 3.52. The van der Waals surface area contributed by atoms with Crippen LogP contribution in [0.3, 0.4) is 0 Å². The number of rotatable bonds is 7. The summed E-state index contributed by atoms with van der Waals surface area (Å²) in [5.41, 5.74) is 5.35. The van der Waals surface area contributed by atoms with E-state index in [1.165, 1.54) is 19.4 Å². The van der Waals surface area contributed by atoms with E-state index >= 15 is 0 Å². The van der Waals surface area contributed by atoms with Crippen LogP contribution in [0.2, 0.25) is 0 Å². The molecule has 5 heteroatoms. The third-order valence-corrected chi connectivity index (χ3v) is 5.55. The standard InChI is InChI=1S/C16H30N4O/c1-2-7-18-16(15(17)21,13-5-6-13)12-19-9-10-20-8-3-4-14(20)11-19/h13-14,18H,2-12H2,1H3,(H2,17,21). The minimum Gasteiger partial charge on any atom is -0.368 e. The highest BCUT2D eigenvalue weighted by Crippen LogP contribution is 2.40. The Bertz CT molecular complexity index is 384. The van der Waals surface area contributed by atoms with Gasteiger partial charge >= 0.3 is 0 Å². The second-order valence-electron chi connectivity index (χ2n) is 7.10. The molecule has 0 spiro atoms. The van der Waals surface area contributed by atoms with Crippen molar-refractivity contribution >= 4 is 5.91 Å². The molecule has 0 bridgehead atoms. The van der Waals surface area contributed by atoms with Crippen molar-refractivity contribution < 1.29 is 4.79 Å². The number of piperazine rings is 1. The number of carbonyl (C=O) groups excluding carboxylic acids is 1. The van der Waals surface area contributed by atoms with Crippen molar-refractivity contribution in [1.82, 2.24) is 15.1 Å². The normalized spacial score (nSPS) is 30.0. The summed E-state index contributed by atoms with van der Waals surface area (Å²) in [7, 11) is 0. The van der Waals surface area contributed by atoms with E-state index in [-0.39, 0.29) is 5.91 Å². The zero-order chi connectivity index (χ0) is 14.9. The number of nitrogens with two attached hydrogens (primary N) is 1. The smallest absolute Gasteiger partial charge is 0.239 e. The molecule has 120 valence electrons. The Morgan fingerprint density at radius 1 is 1.29 bits per heavy atom. The average molecular weight is 294 g/mol. The van der Waals surface area contributed by atoms with Gasteiger partial charge < -0.3 is 11.1 Å². The van der Waals surface area contributed by atoms with Crippen LogP contribution in [0.5, 0.6) is 0 Å². The molecule has 3 N–H and O–H groups in total. The summed E-state index contributed by atoms with van der Waals surface area (Å²) < 4.78 is 0. The lowest BCUT2D eigenvalue weighted by Crippen LogP contribution is -2.65. The highest BCUT2D eigenvalue weighted by molar-refractivity contribution is 5.86. The molecule has 2 heterocycles. The zero-order valence-electron chi connectivity index (χ0n) is 13.3. The second kappa shape index (κ2) is 6.23. The average Bonchev–Trinajstić information content (AvgIpc) is 3.22. The monoisotopic (exact) mass is 294 g/mol. The highest BCUT2D eigenvalue weighted by atomic mass is 16.1. The largest absolute Gasteiger partial charge is 0.368 e. The molecule has 2 unspecified atom stereocenters. The fourth-order valence-electron chi connectivity index (χ4n) is 4.17. The van der Waals surface area contributed by atoms with E-state index in [1.807, 2.05) is 0 Å². The predicted molar refractivity (Wildman–Crippen MR) is 84.0 cm³/mol. The Morgan fingerprint density at radius 2 is 2.10 bits per heavy atom. The minimum atomic E-state index is -0.489. The van der Waals surface area contributed by atoms with Crippen LogP contribution in [0.25, 0.3) is 0 Å². The van der Waals surface area contributed by atoms with Gasteiger partial charge in [-0.3, -0.25) is 14.6 Å². The van der Waals surface area contributed by atoms with Gasteiger partial charge in [0.05, 0.1) is 0 Å². The van der Waals surface area contributed by atoms with Crippen molar-refractivity contribution in [2.24, 2.45) is 11.7 Å². The predicted octanol–water partition coefficient (Wildman–Crippen LogP) is 0.400. The van der Waals surface area contributed by atoms with Gasteiger partial charge in [0.25, 0.3) is 0 Å². The van der Waals surface area contributed by atoms with E-state index in [2.05, 4.69) is 22.0 Å². The molecule has 0 radical (unpaired) electrons. The van der Waals surface area contributed by atoms with Gasteiger partial charge in [-0.2, -0.15) is 0 Å². The van der Waals surface area contributed by atoms with Crippen LogP contribution in [0.4, 0.5) is 0 Å². The van der Waals surface area contributed by atoms with Crippen LogP contribution in [0, 0.1) is 5.92 Å². The van der Waals surface area contributed by atoms with Crippen LogP contribution in [0.1, 0.15) is 39.0 Å². The summed E-state index contributed by atoms with van der Waals surface area (Å²) in [6.07, 6.45) is 5.96. The van der Waals surface area contributed by atoms with Gasteiger partial charge in [-0.05, 0) is 51.1 Å². The van der Waals surface area contributed by atoms with Crippen LogP contribution in [0.15, 0.2) is 0 Å². The van der Waals surface area contributed by atoms with E-state index in [1.54, 1.807) is 0 Å². The van der Waals surface area contributed by atoms with Crippen molar-refractivity contribution in [3.63, 3.8) is 0 Å². The molecular formula is C16H30N4O. The summed E-state index contributed by atoms with van der Waals surface area (Å²) in [5.74, 6) is 0.301. The lowest BCUT2D eigenvalue weighted by Gasteiger charge is -2.43. The molecule has 3 fully saturated rings. The van der Waals surface area contributed by atoms with Crippen molar-refractivity contribution in [2.45, 2.75) is 50.6 Å². The molecule has 5 nitrogen and oxygen atoms in total. The van der Waals surface area contributed by atoms with E-state index < -0.39 is 5.54 Å². The summed E-state index contributed by atoms with van der Waals surface area (Å²) in [6.45, 7) is 8.42. The first-order valence-corrected chi connectivity index (χ1v) is 8.67. The molecule has 0 aromatic rings.